The average molecular weight is 422 g/mol. The molecular weight excluding hydrogens is 389 g/mol. The lowest BCUT2D eigenvalue weighted by molar-refractivity contribution is 0.142. The molecule has 0 radical (unpaired) electrons. The van der Waals surface area contributed by atoms with Gasteiger partial charge in [0.15, 0.2) is 0 Å². The van der Waals surface area contributed by atoms with Gasteiger partial charge in [-0.2, -0.15) is 0 Å². The average Bonchev–Trinajstić information content (AvgIpc) is 2.78. The van der Waals surface area contributed by atoms with E-state index in [1.165, 1.54) is 31.0 Å². The fourth-order valence-electron chi connectivity index (χ4n) is 4.59. The first kappa shape index (κ1) is 21.7. The van der Waals surface area contributed by atoms with E-state index in [4.69, 9.17) is 9.72 Å². The molecule has 0 aliphatic carbocycles. The van der Waals surface area contributed by atoms with Gasteiger partial charge in [0, 0.05) is 31.6 Å². The fraction of sp³-hybridized carbons (Fsp3) is 0.423. The molecule has 3 aromatic rings. The summed E-state index contributed by atoms with van der Waals surface area (Å²) in [4.78, 5) is 9.69. The second kappa shape index (κ2) is 10.2. The molecule has 1 unspecified atom stereocenters. The smallest absolute Gasteiger partial charge is 0.123 e. The van der Waals surface area contributed by atoms with E-state index >= 15 is 0 Å². The van der Waals surface area contributed by atoms with Crippen molar-refractivity contribution in [2.24, 2.45) is 5.92 Å². The van der Waals surface area contributed by atoms with Crippen LogP contribution in [-0.4, -0.2) is 55.1 Å². The van der Waals surface area contributed by atoms with Crippen molar-refractivity contribution in [3.63, 3.8) is 0 Å². The first-order valence-corrected chi connectivity index (χ1v) is 11.2. The van der Waals surface area contributed by atoms with Gasteiger partial charge in [-0.1, -0.05) is 18.2 Å². The van der Waals surface area contributed by atoms with Gasteiger partial charge in [0.05, 0.1) is 18.3 Å². The van der Waals surface area contributed by atoms with Crippen molar-refractivity contribution in [1.29, 1.82) is 0 Å². The maximum atomic E-state index is 13.4. The number of fused-ring (bicyclic) bond motifs is 1. The maximum absolute atomic E-state index is 13.4. The lowest BCUT2D eigenvalue weighted by Crippen LogP contribution is -2.40. The van der Waals surface area contributed by atoms with Crippen molar-refractivity contribution >= 4 is 10.9 Å². The van der Waals surface area contributed by atoms with Crippen LogP contribution in [0.1, 0.15) is 24.1 Å². The number of nitrogens with zero attached hydrogens (tertiary/aromatic N) is 3. The summed E-state index contributed by atoms with van der Waals surface area (Å²) in [6.07, 6.45) is 3.63. The molecule has 2 aromatic carbocycles. The molecule has 1 aliphatic heterocycles. The molecule has 0 amide bonds. The first-order valence-electron chi connectivity index (χ1n) is 11.2. The number of ether oxygens (including phenoxy) is 1. The van der Waals surface area contributed by atoms with E-state index in [1.807, 2.05) is 24.3 Å². The number of hydrogen-bond donors (Lipinski definition) is 0. The molecule has 0 saturated carbocycles. The van der Waals surface area contributed by atoms with E-state index in [2.05, 4.69) is 29.0 Å². The van der Waals surface area contributed by atoms with Gasteiger partial charge in [0.2, 0.25) is 0 Å². The zero-order chi connectivity index (χ0) is 21.6. The van der Waals surface area contributed by atoms with Crippen molar-refractivity contribution in [3.05, 3.63) is 71.7 Å². The van der Waals surface area contributed by atoms with Gasteiger partial charge in [0.25, 0.3) is 0 Å². The Morgan fingerprint density at radius 3 is 2.77 bits per heavy atom. The molecule has 2 heterocycles. The Kier molecular flexibility index (Phi) is 7.15. The van der Waals surface area contributed by atoms with Crippen LogP contribution in [0.2, 0.25) is 0 Å². The van der Waals surface area contributed by atoms with Gasteiger partial charge in [-0.05, 0) is 80.7 Å². The second-order valence-electron chi connectivity index (χ2n) is 8.74. The zero-order valence-electron chi connectivity index (χ0n) is 18.6. The predicted octanol–water partition coefficient (Wildman–Crippen LogP) is 4.77. The quantitative estimate of drug-likeness (QED) is 0.524. The number of pyridine rings is 1. The minimum atomic E-state index is -0.215. The third-order valence-corrected chi connectivity index (χ3v) is 6.19. The Morgan fingerprint density at radius 1 is 1.13 bits per heavy atom. The van der Waals surface area contributed by atoms with Gasteiger partial charge in [-0.25, -0.2) is 4.39 Å². The van der Waals surface area contributed by atoms with Gasteiger partial charge < -0.3 is 14.5 Å². The van der Waals surface area contributed by atoms with Crippen LogP contribution in [0.15, 0.2) is 54.6 Å². The molecule has 1 fully saturated rings. The highest BCUT2D eigenvalue weighted by Crippen LogP contribution is 2.20. The summed E-state index contributed by atoms with van der Waals surface area (Å²) in [6, 6.07) is 17.2. The predicted molar refractivity (Wildman–Crippen MR) is 124 cm³/mol. The van der Waals surface area contributed by atoms with Crippen LogP contribution in [0.25, 0.3) is 10.9 Å². The summed E-state index contributed by atoms with van der Waals surface area (Å²) >= 11 is 0. The molecule has 5 heteroatoms. The van der Waals surface area contributed by atoms with Crippen LogP contribution in [0.5, 0.6) is 5.75 Å². The SMILES string of the molecule is COc1ccc(CCN2CCCC(CN(C)Cc3ccc4cc(F)ccc4n3)C2)cc1. The Balaban J connectivity index is 1.27. The summed E-state index contributed by atoms with van der Waals surface area (Å²) < 4.78 is 18.6. The largest absolute Gasteiger partial charge is 0.497 e. The minimum absolute atomic E-state index is 0.215. The minimum Gasteiger partial charge on any atom is -0.497 e. The third-order valence-electron chi connectivity index (χ3n) is 6.19. The van der Waals surface area contributed by atoms with Gasteiger partial charge in [0.1, 0.15) is 11.6 Å². The molecule has 31 heavy (non-hydrogen) atoms. The standard InChI is InChI=1S/C26H32FN3O/c1-29(19-24-9-7-22-16-23(27)8-12-26(22)28-24)17-21-4-3-14-30(18-21)15-13-20-5-10-25(31-2)11-6-20/h5-12,16,21H,3-4,13-15,17-19H2,1-2H3. The first-order chi connectivity index (χ1) is 15.1. The highest BCUT2D eigenvalue weighted by Gasteiger charge is 2.21. The van der Waals surface area contributed by atoms with Crippen molar-refractivity contribution in [2.75, 3.05) is 40.3 Å². The molecule has 1 aliphatic rings. The van der Waals surface area contributed by atoms with E-state index in [-0.39, 0.29) is 5.82 Å². The molecule has 1 saturated heterocycles. The van der Waals surface area contributed by atoms with Crippen LogP contribution >= 0.6 is 0 Å². The second-order valence-corrected chi connectivity index (χ2v) is 8.74. The number of piperidine rings is 1. The summed E-state index contributed by atoms with van der Waals surface area (Å²) in [5.41, 5.74) is 3.26. The summed E-state index contributed by atoms with van der Waals surface area (Å²) in [7, 11) is 3.88. The topological polar surface area (TPSA) is 28.6 Å². The Labute approximate surface area is 184 Å². The molecule has 1 aromatic heterocycles. The van der Waals surface area contributed by atoms with Crippen LogP contribution in [-0.2, 0) is 13.0 Å². The van der Waals surface area contributed by atoms with E-state index < -0.39 is 0 Å². The van der Waals surface area contributed by atoms with Crippen molar-refractivity contribution < 1.29 is 9.13 Å². The highest BCUT2D eigenvalue weighted by atomic mass is 19.1. The molecule has 4 nitrogen and oxygen atoms in total. The van der Waals surface area contributed by atoms with Crippen LogP contribution in [0, 0.1) is 11.7 Å². The number of aromatic nitrogens is 1. The fourth-order valence-corrected chi connectivity index (χ4v) is 4.59. The molecule has 4 rings (SSSR count). The van der Waals surface area contributed by atoms with E-state index in [1.54, 1.807) is 19.2 Å². The van der Waals surface area contributed by atoms with E-state index in [0.717, 1.165) is 54.9 Å². The van der Waals surface area contributed by atoms with E-state index in [9.17, 15) is 4.39 Å². The van der Waals surface area contributed by atoms with Gasteiger partial charge in [-0.15, -0.1) is 0 Å². The molecule has 1 atom stereocenters. The third kappa shape index (κ3) is 6.02. The Hall–Kier alpha value is -2.50. The van der Waals surface area contributed by atoms with E-state index in [0.29, 0.717) is 5.92 Å². The molecular formula is C26H32FN3O. The van der Waals surface area contributed by atoms with Crippen molar-refractivity contribution in [2.45, 2.75) is 25.8 Å². The molecule has 0 bridgehead atoms. The number of benzene rings is 2. The van der Waals surface area contributed by atoms with Crippen LogP contribution in [0.3, 0.4) is 0 Å². The van der Waals surface area contributed by atoms with Crippen molar-refractivity contribution in [1.82, 2.24) is 14.8 Å². The number of rotatable bonds is 8. The van der Waals surface area contributed by atoms with Gasteiger partial charge >= 0.3 is 0 Å². The number of likely N-dealkylation sites (tertiary alicyclic amines) is 1. The zero-order valence-corrected chi connectivity index (χ0v) is 18.6. The summed E-state index contributed by atoms with van der Waals surface area (Å²) in [5.74, 6) is 1.38. The van der Waals surface area contributed by atoms with Crippen LogP contribution in [0.4, 0.5) is 4.39 Å². The normalized spacial score (nSPS) is 17.4. The number of methoxy groups -OCH3 is 1. The number of hydrogen-bond acceptors (Lipinski definition) is 4. The Morgan fingerprint density at radius 2 is 1.97 bits per heavy atom. The maximum Gasteiger partial charge on any atom is 0.123 e. The lowest BCUT2D eigenvalue weighted by Gasteiger charge is -2.34. The van der Waals surface area contributed by atoms with Gasteiger partial charge in [-0.3, -0.25) is 4.98 Å². The highest BCUT2D eigenvalue weighted by molar-refractivity contribution is 5.78. The molecule has 164 valence electrons. The summed E-state index contributed by atoms with van der Waals surface area (Å²) in [5, 5.41) is 0.853. The molecule has 0 spiro atoms. The van der Waals surface area contributed by atoms with Crippen molar-refractivity contribution in [3.8, 4) is 5.75 Å². The lowest BCUT2D eigenvalue weighted by atomic mass is 9.97. The molecule has 0 N–H and O–H groups in total. The Bertz CT molecular complexity index is 992. The number of halogens is 1. The summed E-state index contributed by atoms with van der Waals surface area (Å²) in [6.45, 7) is 5.34. The van der Waals surface area contributed by atoms with Crippen LogP contribution < -0.4 is 4.74 Å². The monoisotopic (exact) mass is 421 g/mol.